The van der Waals surface area contributed by atoms with Gasteiger partial charge in [-0.2, -0.15) is 0 Å². The predicted octanol–water partition coefficient (Wildman–Crippen LogP) is 1.63. The van der Waals surface area contributed by atoms with E-state index in [0.29, 0.717) is 4.32 Å². The van der Waals surface area contributed by atoms with Gasteiger partial charge in [0.25, 0.3) is 5.91 Å². The number of thiocarbonyl (C=S) groups is 1. The number of hydrogen-bond donors (Lipinski definition) is 0. The average molecular weight is 175 g/mol. The number of allylic oxidation sites excluding steroid dienone is 1. The monoisotopic (exact) mass is 175 g/mol. The van der Waals surface area contributed by atoms with E-state index in [2.05, 4.69) is 0 Å². The summed E-state index contributed by atoms with van der Waals surface area (Å²) >= 11 is 6.24. The predicted molar refractivity (Wildman–Crippen MR) is 48.8 cm³/mol. The van der Waals surface area contributed by atoms with E-state index in [4.69, 9.17) is 12.2 Å². The van der Waals surface area contributed by atoms with Gasteiger partial charge in [-0.25, -0.2) is 0 Å². The summed E-state index contributed by atoms with van der Waals surface area (Å²) in [5.41, 5.74) is 0. The van der Waals surface area contributed by atoms with Crippen molar-refractivity contribution in [2.24, 2.45) is 0 Å². The zero-order chi connectivity index (χ0) is 7.72. The average Bonchev–Trinajstić information content (AvgIpc) is 2.17. The molecule has 1 fully saturated rings. The first-order valence-electron chi connectivity index (χ1n) is 2.83. The lowest BCUT2D eigenvalue weighted by Crippen LogP contribution is -2.22. The Bertz CT molecular complexity index is 227. The van der Waals surface area contributed by atoms with Crippen LogP contribution in [-0.4, -0.2) is 22.2 Å². The fraction of sp³-hybridized carbons (Fsp3) is 0.333. The third-order valence-electron chi connectivity index (χ3n) is 1.25. The van der Waals surface area contributed by atoms with Crippen LogP contribution in [0.25, 0.3) is 0 Å². The highest BCUT2D eigenvalue weighted by Crippen LogP contribution is 2.28. The summed E-state index contributed by atoms with van der Waals surface area (Å²) in [5.74, 6) is 0.0116. The van der Waals surface area contributed by atoms with Gasteiger partial charge in [0.05, 0.1) is 4.91 Å². The molecule has 1 amide bonds. The van der Waals surface area contributed by atoms with Crippen molar-refractivity contribution in [3.8, 4) is 0 Å². The molecule has 1 aliphatic heterocycles. The second-order valence-electron chi connectivity index (χ2n) is 1.89. The van der Waals surface area contributed by atoms with Crippen molar-refractivity contribution in [2.75, 3.05) is 7.05 Å². The van der Waals surface area contributed by atoms with Crippen molar-refractivity contribution in [3.63, 3.8) is 0 Å². The Kier molecular flexibility index (Phi) is 2.11. The molecule has 2 nitrogen and oxygen atoms in total. The zero-order valence-electron chi connectivity index (χ0n) is 5.75. The maximum absolute atomic E-state index is 11.1. The van der Waals surface area contributed by atoms with Crippen molar-refractivity contribution in [1.29, 1.82) is 0 Å². The lowest BCUT2D eigenvalue weighted by Gasteiger charge is -2.02. The Morgan fingerprint density at radius 1 is 1.80 bits per heavy atom. The second kappa shape index (κ2) is 2.72. The summed E-state index contributed by atoms with van der Waals surface area (Å²) in [4.78, 5) is 13.3. The Morgan fingerprint density at radius 3 is 2.60 bits per heavy atom. The summed E-state index contributed by atoms with van der Waals surface area (Å²) in [7, 11) is 1.69. The van der Waals surface area contributed by atoms with Gasteiger partial charge in [-0.15, -0.1) is 0 Å². The molecule has 0 aliphatic carbocycles. The van der Waals surface area contributed by atoms with Crippen molar-refractivity contribution >= 4 is 34.2 Å². The number of carbonyl (C=O) groups is 1. The topological polar surface area (TPSA) is 20.3 Å². The number of hydrogen-bond acceptors (Lipinski definition) is 3. The lowest BCUT2D eigenvalue weighted by molar-refractivity contribution is -0.121. The molecular weight excluding hydrogens is 166 g/mol. The highest BCUT2D eigenvalue weighted by molar-refractivity contribution is 8.26. The maximum atomic E-state index is 11.1. The van der Waals surface area contributed by atoms with Gasteiger partial charge in [-0.05, 0) is 6.92 Å². The molecule has 1 aliphatic rings. The van der Waals surface area contributed by atoms with Gasteiger partial charge >= 0.3 is 0 Å². The molecule has 0 radical (unpaired) electrons. The maximum Gasteiger partial charge on any atom is 0.265 e. The van der Waals surface area contributed by atoms with Crippen LogP contribution in [-0.2, 0) is 4.79 Å². The minimum atomic E-state index is 0. The van der Waals surface area contributed by atoms with E-state index < -0.39 is 0 Å². The van der Waals surface area contributed by atoms with Crippen molar-refractivity contribution in [2.45, 2.75) is 6.92 Å². The van der Waals surface area contributed by atoms with Crippen LogP contribution >= 0.6 is 24.0 Å². The normalized spacial score (nSPS) is 23.0. The Hall–Kier alpha value is -0.350. The molecule has 1 saturated heterocycles. The number of thioether (sulfide) groups is 1. The molecule has 4 heteroatoms. The van der Waals surface area contributed by atoms with E-state index in [1.165, 1.54) is 16.7 Å². The molecule has 0 spiro atoms. The number of likely N-dealkylation sites (N-methyl/N-ethyl adjacent to an activating group) is 1. The van der Waals surface area contributed by atoms with Crippen molar-refractivity contribution in [3.05, 3.63) is 11.0 Å². The fourth-order valence-electron chi connectivity index (χ4n) is 0.637. The van der Waals surface area contributed by atoms with Crippen molar-refractivity contribution in [1.82, 2.24) is 4.90 Å². The summed E-state index contributed by atoms with van der Waals surface area (Å²) < 4.78 is 0.637. The SMILES string of the molecule is CC=C1SC(=S)N(C)C1=O.[HH]. The van der Waals surface area contributed by atoms with E-state index in [-0.39, 0.29) is 7.33 Å². The van der Waals surface area contributed by atoms with Gasteiger partial charge in [0.2, 0.25) is 0 Å². The van der Waals surface area contributed by atoms with Gasteiger partial charge in [0, 0.05) is 8.47 Å². The molecule has 0 aromatic heterocycles. The third-order valence-corrected chi connectivity index (χ3v) is 2.85. The summed E-state index contributed by atoms with van der Waals surface area (Å²) in [6.45, 7) is 1.84. The summed E-state index contributed by atoms with van der Waals surface area (Å²) in [6.07, 6.45) is 1.78. The van der Waals surface area contributed by atoms with Crippen LogP contribution in [0, 0.1) is 0 Å². The van der Waals surface area contributed by atoms with E-state index in [0.717, 1.165) is 4.91 Å². The van der Waals surface area contributed by atoms with Gasteiger partial charge in [-0.1, -0.05) is 30.1 Å². The Labute approximate surface area is 70.8 Å². The van der Waals surface area contributed by atoms with Gasteiger partial charge in [0.1, 0.15) is 4.32 Å². The number of nitrogens with zero attached hydrogens (tertiary/aromatic N) is 1. The fourth-order valence-corrected chi connectivity index (χ4v) is 1.74. The molecule has 1 rings (SSSR count). The Balaban J connectivity index is 0.000001000. The van der Waals surface area contributed by atoms with Gasteiger partial charge in [-0.3, -0.25) is 9.69 Å². The molecule has 0 aromatic carbocycles. The summed E-state index contributed by atoms with van der Waals surface area (Å²) in [5, 5.41) is 0. The first-order valence-corrected chi connectivity index (χ1v) is 4.05. The molecule has 0 atom stereocenters. The van der Waals surface area contributed by atoms with Gasteiger partial charge in [0.15, 0.2) is 0 Å². The van der Waals surface area contributed by atoms with Crippen LogP contribution in [0.1, 0.15) is 8.35 Å². The smallest absolute Gasteiger partial charge is 0.265 e. The minimum Gasteiger partial charge on any atom is -0.296 e. The van der Waals surface area contributed by atoms with Gasteiger partial charge < -0.3 is 0 Å². The summed E-state index contributed by atoms with van der Waals surface area (Å²) in [6, 6.07) is 0. The van der Waals surface area contributed by atoms with Crippen LogP contribution < -0.4 is 0 Å². The Morgan fingerprint density at radius 2 is 2.40 bits per heavy atom. The molecule has 1 heterocycles. The van der Waals surface area contributed by atoms with Crippen molar-refractivity contribution < 1.29 is 6.22 Å². The molecule has 0 bridgehead atoms. The highest BCUT2D eigenvalue weighted by atomic mass is 32.2. The molecule has 0 unspecified atom stereocenters. The molecule has 0 saturated carbocycles. The highest BCUT2D eigenvalue weighted by Gasteiger charge is 2.27. The minimum absolute atomic E-state index is 0. The van der Waals surface area contributed by atoms with E-state index in [1.54, 1.807) is 13.1 Å². The van der Waals surface area contributed by atoms with Crippen LogP contribution in [0.3, 0.4) is 0 Å². The number of rotatable bonds is 0. The quantitative estimate of drug-likeness (QED) is 0.412. The van der Waals surface area contributed by atoms with Crippen LogP contribution in [0.5, 0.6) is 0 Å². The number of amides is 1. The van der Waals surface area contributed by atoms with E-state index in [9.17, 15) is 4.79 Å². The molecule has 0 aromatic rings. The molecule has 10 heavy (non-hydrogen) atoms. The van der Waals surface area contributed by atoms with E-state index in [1.807, 2.05) is 6.92 Å². The first-order chi connectivity index (χ1) is 4.66. The van der Waals surface area contributed by atoms with Crippen LogP contribution in [0.4, 0.5) is 0 Å². The molecular formula is C6H9NOS2. The standard InChI is InChI=1S/C6H7NOS2.H2/c1-3-4-5(8)7(2)6(9)10-4;/h3H,1-2H3;1H. The van der Waals surface area contributed by atoms with E-state index >= 15 is 0 Å². The van der Waals surface area contributed by atoms with Crippen LogP contribution in [0.2, 0.25) is 0 Å². The second-order valence-corrected chi connectivity index (χ2v) is 3.56. The lowest BCUT2D eigenvalue weighted by atomic mass is 10.5. The third kappa shape index (κ3) is 1.09. The van der Waals surface area contributed by atoms with Crippen LogP contribution in [0.15, 0.2) is 11.0 Å². The largest absolute Gasteiger partial charge is 0.296 e. The molecule has 56 valence electrons. The zero-order valence-corrected chi connectivity index (χ0v) is 7.38. The molecule has 0 N–H and O–H groups in total. The number of carbonyl (C=O) groups excluding carboxylic acids is 1. The first kappa shape index (κ1) is 7.75.